The Labute approximate surface area is 125 Å². The molecule has 0 saturated carbocycles. The Bertz CT molecular complexity index is 448. The molecule has 1 rings (SSSR count). The molecule has 6 nitrogen and oxygen atoms in total. The van der Waals surface area contributed by atoms with E-state index in [4.69, 9.17) is 5.73 Å². The Morgan fingerprint density at radius 3 is 2.71 bits per heavy atom. The van der Waals surface area contributed by atoms with E-state index in [9.17, 15) is 9.59 Å². The number of pyridine rings is 1. The maximum atomic E-state index is 11.7. The minimum absolute atomic E-state index is 0.114. The van der Waals surface area contributed by atoms with Gasteiger partial charge in [-0.2, -0.15) is 0 Å². The van der Waals surface area contributed by atoms with Gasteiger partial charge in [0, 0.05) is 31.9 Å². The maximum Gasteiger partial charge on any atom is 0.236 e. The molecule has 1 heterocycles. The molecule has 1 aromatic rings. The molecule has 21 heavy (non-hydrogen) atoms. The van der Waals surface area contributed by atoms with E-state index in [-0.39, 0.29) is 18.2 Å². The molecule has 0 spiro atoms. The van der Waals surface area contributed by atoms with Crippen molar-refractivity contribution in [1.82, 2.24) is 15.6 Å². The van der Waals surface area contributed by atoms with E-state index in [1.54, 1.807) is 12.4 Å². The van der Waals surface area contributed by atoms with Gasteiger partial charge >= 0.3 is 0 Å². The summed E-state index contributed by atoms with van der Waals surface area (Å²) in [6.45, 7) is 4.76. The summed E-state index contributed by atoms with van der Waals surface area (Å²) in [5.41, 5.74) is 6.69. The lowest BCUT2D eigenvalue weighted by Crippen LogP contribution is -2.42. The fourth-order valence-electron chi connectivity index (χ4n) is 1.84. The number of hydrogen-bond acceptors (Lipinski definition) is 4. The van der Waals surface area contributed by atoms with Crippen molar-refractivity contribution >= 4 is 11.8 Å². The Morgan fingerprint density at radius 2 is 2.10 bits per heavy atom. The van der Waals surface area contributed by atoms with Crippen molar-refractivity contribution < 1.29 is 9.59 Å². The number of carbonyl (C=O) groups is 2. The van der Waals surface area contributed by atoms with Crippen molar-refractivity contribution in [1.29, 1.82) is 0 Å². The molecule has 0 aliphatic carbocycles. The van der Waals surface area contributed by atoms with E-state index in [0.29, 0.717) is 25.4 Å². The summed E-state index contributed by atoms with van der Waals surface area (Å²) >= 11 is 0. The minimum Gasteiger partial charge on any atom is -0.354 e. The topological polar surface area (TPSA) is 97.1 Å². The molecule has 4 N–H and O–H groups in total. The van der Waals surface area contributed by atoms with Crippen LogP contribution in [0.15, 0.2) is 24.5 Å². The average molecular weight is 292 g/mol. The van der Waals surface area contributed by atoms with Gasteiger partial charge in [-0.25, -0.2) is 0 Å². The van der Waals surface area contributed by atoms with Gasteiger partial charge in [0.15, 0.2) is 0 Å². The zero-order valence-corrected chi connectivity index (χ0v) is 12.6. The molecule has 0 aliphatic rings. The molecule has 0 fully saturated rings. The lowest BCUT2D eigenvalue weighted by Gasteiger charge is -2.14. The van der Waals surface area contributed by atoms with Crippen molar-refractivity contribution in [3.05, 3.63) is 30.1 Å². The highest BCUT2D eigenvalue weighted by atomic mass is 16.2. The highest BCUT2D eigenvalue weighted by Crippen LogP contribution is 2.02. The molecule has 0 aromatic carbocycles. The summed E-state index contributed by atoms with van der Waals surface area (Å²) in [5.74, 6) is 0.0499. The maximum absolute atomic E-state index is 11.7. The number of carbonyl (C=O) groups excluding carboxylic acids is 2. The Kier molecular flexibility index (Phi) is 7.39. The quantitative estimate of drug-likeness (QED) is 0.653. The van der Waals surface area contributed by atoms with E-state index in [2.05, 4.69) is 15.6 Å². The zero-order valence-electron chi connectivity index (χ0n) is 12.6. The number of aromatic nitrogens is 1. The van der Waals surface area contributed by atoms with Crippen LogP contribution in [0.3, 0.4) is 0 Å². The van der Waals surface area contributed by atoms with Crippen LogP contribution in [-0.2, 0) is 16.1 Å². The van der Waals surface area contributed by atoms with Crippen LogP contribution in [0.1, 0.15) is 32.3 Å². The second-order valence-corrected chi connectivity index (χ2v) is 5.42. The number of hydrogen-bond donors (Lipinski definition) is 3. The van der Waals surface area contributed by atoms with E-state index in [1.165, 1.54) is 0 Å². The predicted molar refractivity (Wildman–Crippen MR) is 81.1 cm³/mol. The smallest absolute Gasteiger partial charge is 0.236 e. The molecule has 0 radical (unpaired) electrons. The van der Waals surface area contributed by atoms with Crippen molar-refractivity contribution in [3.63, 3.8) is 0 Å². The van der Waals surface area contributed by atoms with Crippen LogP contribution in [0, 0.1) is 5.92 Å². The average Bonchev–Trinajstić information content (AvgIpc) is 2.45. The normalized spacial score (nSPS) is 12.0. The minimum atomic E-state index is -0.511. The standard InChI is InChI=1S/C15H24N4O2/c1-11(2)8-13(16)15(21)18-7-5-14(20)19-10-12-4-3-6-17-9-12/h3-4,6,9,11,13H,5,7-8,10,16H2,1-2H3,(H,18,21)(H,19,20)/t13-/m0/s1. The van der Waals surface area contributed by atoms with Gasteiger partial charge in [-0.15, -0.1) is 0 Å². The van der Waals surface area contributed by atoms with Gasteiger partial charge in [-0.1, -0.05) is 19.9 Å². The van der Waals surface area contributed by atoms with Gasteiger partial charge in [0.25, 0.3) is 0 Å². The molecule has 0 unspecified atom stereocenters. The summed E-state index contributed by atoms with van der Waals surface area (Å²) in [5, 5.41) is 5.45. The van der Waals surface area contributed by atoms with Gasteiger partial charge in [-0.3, -0.25) is 14.6 Å². The number of nitrogens with one attached hydrogen (secondary N) is 2. The van der Waals surface area contributed by atoms with E-state index in [0.717, 1.165) is 5.56 Å². The number of nitrogens with two attached hydrogens (primary N) is 1. The molecule has 0 bridgehead atoms. The molecular formula is C15H24N4O2. The Hall–Kier alpha value is -1.95. The first-order valence-corrected chi connectivity index (χ1v) is 7.18. The number of nitrogens with zero attached hydrogens (tertiary/aromatic N) is 1. The van der Waals surface area contributed by atoms with Crippen molar-refractivity contribution in [2.24, 2.45) is 11.7 Å². The van der Waals surface area contributed by atoms with E-state index in [1.807, 2.05) is 26.0 Å². The SMILES string of the molecule is CC(C)C[C@H](N)C(=O)NCCC(=O)NCc1cccnc1. The fourth-order valence-corrected chi connectivity index (χ4v) is 1.84. The molecule has 6 heteroatoms. The lowest BCUT2D eigenvalue weighted by atomic mass is 10.0. The van der Waals surface area contributed by atoms with Crippen molar-refractivity contribution in [2.45, 2.75) is 39.3 Å². The fraction of sp³-hybridized carbons (Fsp3) is 0.533. The van der Waals surface area contributed by atoms with Gasteiger partial charge in [-0.05, 0) is 24.0 Å². The summed E-state index contributed by atoms with van der Waals surface area (Å²) in [6.07, 6.45) is 4.26. The van der Waals surface area contributed by atoms with Gasteiger partial charge in [0.1, 0.15) is 0 Å². The third-order valence-corrected chi connectivity index (χ3v) is 2.93. The van der Waals surface area contributed by atoms with Crippen LogP contribution in [0.25, 0.3) is 0 Å². The third-order valence-electron chi connectivity index (χ3n) is 2.93. The summed E-state index contributed by atoms with van der Waals surface area (Å²) in [7, 11) is 0. The van der Waals surface area contributed by atoms with E-state index < -0.39 is 6.04 Å². The Morgan fingerprint density at radius 1 is 1.33 bits per heavy atom. The number of amides is 2. The highest BCUT2D eigenvalue weighted by Gasteiger charge is 2.14. The van der Waals surface area contributed by atoms with Crippen molar-refractivity contribution in [2.75, 3.05) is 6.54 Å². The lowest BCUT2D eigenvalue weighted by molar-refractivity contribution is -0.123. The molecule has 116 valence electrons. The van der Waals surface area contributed by atoms with Gasteiger partial charge in [0.05, 0.1) is 6.04 Å². The third kappa shape index (κ3) is 7.41. The van der Waals surface area contributed by atoms with Crippen LogP contribution >= 0.6 is 0 Å². The predicted octanol–water partition coefficient (Wildman–Crippen LogP) is 0.578. The van der Waals surface area contributed by atoms with Crippen LogP contribution < -0.4 is 16.4 Å². The first-order valence-electron chi connectivity index (χ1n) is 7.18. The second-order valence-electron chi connectivity index (χ2n) is 5.42. The highest BCUT2D eigenvalue weighted by molar-refractivity contribution is 5.82. The van der Waals surface area contributed by atoms with Crippen LogP contribution in [0.2, 0.25) is 0 Å². The summed E-state index contributed by atoms with van der Waals surface area (Å²) < 4.78 is 0. The largest absolute Gasteiger partial charge is 0.354 e. The molecular weight excluding hydrogens is 268 g/mol. The monoisotopic (exact) mass is 292 g/mol. The van der Waals surface area contributed by atoms with Crippen LogP contribution in [-0.4, -0.2) is 29.4 Å². The van der Waals surface area contributed by atoms with Crippen molar-refractivity contribution in [3.8, 4) is 0 Å². The molecule has 1 atom stereocenters. The summed E-state index contributed by atoms with van der Waals surface area (Å²) in [6, 6.07) is 3.20. The zero-order chi connectivity index (χ0) is 15.7. The molecule has 0 aliphatic heterocycles. The van der Waals surface area contributed by atoms with Gasteiger partial charge < -0.3 is 16.4 Å². The van der Waals surface area contributed by atoms with Crippen LogP contribution in [0.5, 0.6) is 0 Å². The first-order chi connectivity index (χ1) is 9.99. The molecule has 1 aromatic heterocycles. The summed E-state index contributed by atoms with van der Waals surface area (Å²) in [4.78, 5) is 27.3. The molecule has 0 saturated heterocycles. The first kappa shape index (κ1) is 17.1. The van der Waals surface area contributed by atoms with Gasteiger partial charge in [0.2, 0.25) is 11.8 Å². The van der Waals surface area contributed by atoms with Crippen LogP contribution in [0.4, 0.5) is 0 Å². The Balaban J connectivity index is 2.17. The number of rotatable bonds is 8. The molecule has 2 amide bonds. The van der Waals surface area contributed by atoms with E-state index >= 15 is 0 Å². The second kappa shape index (κ2) is 9.07.